The van der Waals surface area contributed by atoms with E-state index in [4.69, 9.17) is 14.2 Å². The molecule has 0 saturated carbocycles. The van der Waals surface area contributed by atoms with Gasteiger partial charge in [0.05, 0.1) is 25.2 Å². The summed E-state index contributed by atoms with van der Waals surface area (Å²) in [6.45, 7) is 3.05. The maximum absolute atomic E-state index is 12.8. The van der Waals surface area contributed by atoms with Crippen molar-refractivity contribution >= 4 is 21.6 Å². The summed E-state index contributed by atoms with van der Waals surface area (Å²) in [5.74, 6) is 0.940. The molecule has 9 heteroatoms. The minimum atomic E-state index is -3.58. The Morgan fingerprint density at radius 1 is 1.13 bits per heavy atom. The lowest BCUT2D eigenvalue weighted by atomic mass is 10.2. The Morgan fingerprint density at radius 3 is 2.40 bits per heavy atom. The summed E-state index contributed by atoms with van der Waals surface area (Å²) in [4.78, 5) is 14.2. The second kappa shape index (κ2) is 9.46. The van der Waals surface area contributed by atoms with E-state index in [1.54, 1.807) is 57.5 Å². The van der Waals surface area contributed by atoms with Gasteiger partial charge in [0.1, 0.15) is 11.5 Å². The monoisotopic (exact) mass is 434 g/mol. The Morgan fingerprint density at radius 2 is 1.80 bits per heavy atom. The maximum Gasteiger partial charge on any atom is 0.264 e. The van der Waals surface area contributed by atoms with Gasteiger partial charge in [-0.3, -0.25) is 4.79 Å². The number of sulfonamides is 1. The molecular formula is C21H26N2O6S. The van der Waals surface area contributed by atoms with E-state index < -0.39 is 10.0 Å². The Kier molecular flexibility index (Phi) is 6.96. The lowest BCUT2D eigenvalue weighted by Gasteiger charge is -2.26. The number of likely N-dealkylation sites (N-methyl/N-ethyl adjacent to an activating group) is 1. The maximum atomic E-state index is 12.8. The van der Waals surface area contributed by atoms with Crippen molar-refractivity contribution in [3.63, 3.8) is 0 Å². The van der Waals surface area contributed by atoms with Crippen molar-refractivity contribution in [3.05, 3.63) is 48.0 Å². The number of anilines is 1. The Bertz CT molecular complexity index is 985. The van der Waals surface area contributed by atoms with E-state index in [1.807, 2.05) is 0 Å². The van der Waals surface area contributed by atoms with Gasteiger partial charge in [-0.15, -0.1) is 0 Å². The van der Waals surface area contributed by atoms with Crippen LogP contribution in [-0.2, 0) is 19.6 Å². The van der Waals surface area contributed by atoms with E-state index in [-0.39, 0.29) is 17.4 Å². The summed E-state index contributed by atoms with van der Waals surface area (Å²) in [6, 6.07) is 11.8. The summed E-state index contributed by atoms with van der Waals surface area (Å²) in [5.41, 5.74) is 1.36. The fourth-order valence-corrected chi connectivity index (χ4v) is 4.56. The quantitative estimate of drug-likeness (QED) is 0.663. The molecule has 0 unspecified atom stereocenters. The first kappa shape index (κ1) is 22.1. The van der Waals surface area contributed by atoms with Crippen LogP contribution in [0.2, 0.25) is 0 Å². The molecule has 162 valence electrons. The first-order valence-corrected chi connectivity index (χ1v) is 11.0. The number of amides is 1. The molecule has 0 spiro atoms. The average Bonchev–Trinajstić information content (AvgIpc) is 2.78. The highest BCUT2D eigenvalue weighted by Crippen LogP contribution is 2.25. The van der Waals surface area contributed by atoms with Crippen LogP contribution >= 0.6 is 0 Å². The van der Waals surface area contributed by atoms with Crippen LogP contribution < -0.4 is 14.4 Å². The number of rotatable bonds is 7. The minimum Gasteiger partial charge on any atom is -0.497 e. The van der Waals surface area contributed by atoms with Crippen molar-refractivity contribution < 1.29 is 27.4 Å². The second-order valence-corrected chi connectivity index (χ2v) is 8.82. The van der Waals surface area contributed by atoms with Crippen molar-refractivity contribution in [1.82, 2.24) is 4.31 Å². The van der Waals surface area contributed by atoms with Gasteiger partial charge in [-0.05, 0) is 55.0 Å². The SMILES string of the molecule is COc1ccc(N(C)C(=O)COc2ccc(S(=O)(=O)N3CCOCC3)cc2C)cc1. The number of hydrogen-bond acceptors (Lipinski definition) is 6. The summed E-state index contributed by atoms with van der Waals surface area (Å²) in [6.07, 6.45) is 0. The van der Waals surface area contributed by atoms with Gasteiger partial charge in [0.15, 0.2) is 6.61 Å². The van der Waals surface area contributed by atoms with Gasteiger partial charge in [0, 0.05) is 25.8 Å². The van der Waals surface area contributed by atoms with Gasteiger partial charge >= 0.3 is 0 Å². The Hall–Kier alpha value is -2.62. The predicted octanol–water partition coefficient (Wildman–Crippen LogP) is 2.07. The van der Waals surface area contributed by atoms with Crippen molar-refractivity contribution in [2.24, 2.45) is 0 Å². The molecule has 2 aromatic rings. The number of hydrogen-bond donors (Lipinski definition) is 0. The molecule has 0 atom stereocenters. The predicted molar refractivity (Wildman–Crippen MR) is 113 cm³/mol. The molecule has 1 aliphatic heterocycles. The normalized spacial score (nSPS) is 14.9. The van der Waals surface area contributed by atoms with Crippen LogP contribution in [0.4, 0.5) is 5.69 Å². The Labute approximate surface area is 177 Å². The van der Waals surface area contributed by atoms with Crippen LogP contribution in [-0.4, -0.2) is 65.7 Å². The molecule has 1 heterocycles. The highest BCUT2D eigenvalue weighted by atomic mass is 32.2. The number of benzene rings is 2. The fourth-order valence-electron chi connectivity index (χ4n) is 3.07. The number of aryl methyl sites for hydroxylation is 1. The van der Waals surface area contributed by atoms with E-state index in [0.29, 0.717) is 49.1 Å². The first-order valence-electron chi connectivity index (χ1n) is 9.55. The molecule has 2 aromatic carbocycles. The summed E-state index contributed by atoms with van der Waals surface area (Å²) >= 11 is 0. The van der Waals surface area contributed by atoms with Gasteiger partial charge < -0.3 is 19.1 Å². The fraction of sp³-hybridized carbons (Fsp3) is 0.381. The van der Waals surface area contributed by atoms with E-state index >= 15 is 0 Å². The zero-order chi connectivity index (χ0) is 21.7. The smallest absolute Gasteiger partial charge is 0.264 e. The molecule has 1 fully saturated rings. The lowest BCUT2D eigenvalue weighted by Crippen LogP contribution is -2.40. The minimum absolute atomic E-state index is 0.168. The van der Waals surface area contributed by atoms with Gasteiger partial charge in [-0.25, -0.2) is 8.42 Å². The molecule has 30 heavy (non-hydrogen) atoms. The third-order valence-electron chi connectivity index (χ3n) is 4.94. The average molecular weight is 435 g/mol. The van der Waals surface area contributed by atoms with Crippen LogP contribution in [0, 0.1) is 6.92 Å². The lowest BCUT2D eigenvalue weighted by molar-refractivity contribution is -0.120. The molecular weight excluding hydrogens is 408 g/mol. The van der Waals surface area contributed by atoms with Gasteiger partial charge in [-0.1, -0.05) is 0 Å². The van der Waals surface area contributed by atoms with Crippen LogP contribution in [0.1, 0.15) is 5.56 Å². The number of ether oxygens (including phenoxy) is 3. The molecule has 8 nitrogen and oxygen atoms in total. The van der Waals surface area contributed by atoms with Gasteiger partial charge in [0.2, 0.25) is 10.0 Å². The third kappa shape index (κ3) is 4.92. The second-order valence-electron chi connectivity index (χ2n) is 6.88. The Balaban J connectivity index is 1.64. The summed E-state index contributed by atoms with van der Waals surface area (Å²) in [7, 11) is -0.330. The van der Waals surface area contributed by atoms with E-state index in [0.717, 1.165) is 0 Å². The number of carbonyl (C=O) groups excluding carboxylic acids is 1. The topological polar surface area (TPSA) is 85.4 Å². The van der Waals surface area contributed by atoms with Gasteiger partial charge in [0.25, 0.3) is 5.91 Å². The highest BCUT2D eigenvalue weighted by Gasteiger charge is 2.26. The molecule has 3 rings (SSSR count). The molecule has 0 radical (unpaired) electrons. The highest BCUT2D eigenvalue weighted by molar-refractivity contribution is 7.89. The standard InChI is InChI=1S/C21H26N2O6S/c1-16-14-19(30(25,26)23-10-12-28-13-11-23)8-9-20(16)29-15-21(24)22(2)17-4-6-18(27-3)7-5-17/h4-9,14H,10-13,15H2,1-3H3. The van der Waals surface area contributed by atoms with E-state index in [1.165, 1.54) is 15.3 Å². The summed E-state index contributed by atoms with van der Waals surface area (Å²) < 4.78 is 43.0. The van der Waals surface area contributed by atoms with Crippen LogP contribution in [0.5, 0.6) is 11.5 Å². The van der Waals surface area contributed by atoms with E-state index in [2.05, 4.69) is 0 Å². The molecule has 0 N–H and O–H groups in total. The molecule has 0 aliphatic carbocycles. The third-order valence-corrected chi connectivity index (χ3v) is 6.83. The zero-order valence-corrected chi connectivity index (χ0v) is 18.1. The van der Waals surface area contributed by atoms with Crippen LogP contribution in [0.15, 0.2) is 47.4 Å². The van der Waals surface area contributed by atoms with Crippen LogP contribution in [0.3, 0.4) is 0 Å². The molecule has 0 aromatic heterocycles. The zero-order valence-electron chi connectivity index (χ0n) is 17.3. The molecule has 1 amide bonds. The largest absolute Gasteiger partial charge is 0.497 e. The molecule has 1 aliphatic rings. The van der Waals surface area contributed by atoms with Gasteiger partial charge in [-0.2, -0.15) is 4.31 Å². The van der Waals surface area contributed by atoms with Crippen molar-refractivity contribution in [2.45, 2.75) is 11.8 Å². The number of nitrogens with zero attached hydrogens (tertiary/aromatic N) is 2. The van der Waals surface area contributed by atoms with Crippen molar-refractivity contribution in [2.75, 3.05) is 52.0 Å². The van der Waals surface area contributed by atoms with Crippen molar-refractivity contribution in [1.29, 1.82) is 0 Å². The summed E-state index contributed by atoms with van der Waals surface area (Å²) in [5, 5.41) is 0. The van der Waals surface area contributed by atoms with Crippen molar-refractivity contribution in [3.8, 4) is 11.5 Å². The molecule has 0 bridgehead atoms. The molecule has 1 saturated heterocycles. The first-order chi connectivity index (χ1) is 14.3. The number of morpholine rings is 1. The van der Waals surface area contributed by atoms with E-state index in [9.17, 15) is 13.2 Å². The number of carbonyl (C=O) groups is 1. The number of methoxy groups -OCH3 is 1. The van der Waals surface area contributed by atoms with Crippen LogP contribution in [0.25, 0.3) is 0 Å².